The summed E-state index contributed by atoms with van der Waals surface area (Å²) in [6, 6.07) is 8.23. The lowest BCUT2D eigenvalue weighted by Crippen LogP contribution is -2.50. The quantitative estimate of drug-likeness (QED) is 0.550. The minimum absolute atomic E-state index is 0.0826. The third kappa shape index (κ3) is 8.32. The lowest BCUT2D eigenvalue weighted by atomic mass is 9.85. The van der Waals surface area contributed by atoms with Gasteiger partial charge in [-0.2, -0.15) is 0 Å². The summed E-state index contributed by atoms with van der Waals surface area (Å²) in [5.41, 5.74) is 0.827. The smallest absolute Gasteiger partial charge is 0.347 e. The Morgan fingerprint density at radius 2 is 1.68 bits per heavy atom. The zero-order valence-electron chi connectivity index (χ0n) is 18.7. The molecule has 1 aliphatic carbocycles. The van der Waals surface area contributed by atoms with Crippen LogP contribution < -0.4 is 5.32 Å². The molecule has 31 heavy (non-hydrogen) atoms. The van der Waals surface area contributed by atoms with Crippen molar-refractivity contribution >= 4 is 17.8 Å². The van der Waals surface area contributed by atoms with Gasteiger partial charge in [0.1, 0.15) is 18.8 Å². The average molecular weight is 434 g/mol. The normalized spacial score (nSPS) is 17.5. The van der Waals surface area contributed by atoms with Crippen LogP contribution in [0, 0.1) is 11.8 Å². The Morgan fingerprint density at radius 3 is 2.29 bits per heavy atom. The maximum absolute atomic E-state index is 12.6. The summed E-state index contributed by atoms with van der Waals surface area (Å²) in [7, 11) is 0. The van der Waals surface area contributed by atoms with Gasteiger partial charge in [0.2, 0.25) is 5.91 Å². The van der Waals surface area contributed by atoms with Crippen LogP contribution in [0.1, 0.15) is 64.9 Å². The highest BCUT2D eigenvalue weighted by molar-refractivity contribution is 5.88. The van der Waals surface area contributed by atoms with Crippen LogP contribution in [0.25, 0.3) is 0 Å². The zero-order valence-corrected chi connectivity index (χ0v) is 18.7. The molecular formula is C24H35NO6. The number of esters is 2. The first-order valence-corrected chi connectivity index (χ1v) is 11.2. The van der Waals surface area contributed by atoms with Gasteiger partial charge in [-0.1, -0.05) is 76.3 Å². The molecule has 0 aliphatic heterocycles. The van der Waals surface area contributed by atoms with Gasteiger partial charge in [-0.15, -0.1) is 0 Å². The lowest BCUT2D eigenvalue weighted by molar-refractivity contribution is -0.169. The molecule has 2 N–H and O–H groups in total. The van der Waals surface area contributed by atoms with Crippen molar-refractivity contribution in [3.8, 4) is 0 Å². The topological polar surface area (TPSA) is 102 Å². The van der Waals surface area contributed by atoms with Crippen LogP contribution in [-0.4, -0.2) is 41.2 Å². The van der Waals surface area contributed by atoms with Gasteiger partial charge >= 0.3 is 11.9 Å². The third-order valence-electron chi connectivity index (χ3n) is 5.65. The molecule has 0 unspecified atom stereocenters. The van der Waals surface area contributed by atoms with E-state index in [2.05, 4.69) is 5.32 Å². The molecule has 1 amide bonds. The number of hydrogen-bond acceptors (Lipinski definition) is 6. The highest BCUT2D eigenvalue weighted by atomic mass is 16.6. The monoisotopic (exact) mass is 433 g/mol. The zero-order chi connectivity index (χ0) is 22.8. The fraction of sp³-hybridized carbons (Fsp3) is 0.625. The lowest BCUT2D eigenvalue weighted by Gasteiger charge is -2.26. The molecule has 1 fully saturated rings. The van der Waals surface area contributed by atoms with Gasteiger partial charge in [0, 0.05) is 0 Å². The molecule has 172 valence electrons. The number of ether oxygens (including phenoxy) is 2. The maximum atomic E-state index is 12.6. The standard InChI is InChI=1S/C24H35NO6/c1-16(2)21(25-22(27)20(26)14-18-10-6-4-7-11-18)24(29)31-17(3)23(28)30-15-19-12-8-5-9-13-19/h5,8-9,12-13,16-18,20-21,26H,4,6-7,10-11,14-15H2,1-3H3,(H,25,27)/t17-,20+,21+/m0/s1. The molecule has 7 nitrogen and oxygen atoms in total. The van der Waals surface area contributed by atoms with Gasteiger partial charge in [-0.25, -0.2) is 9.59 Å². The first-order chi connectivity index (χ1) is 14.8. The molecule has 7 heteroatoms. The van der Waals surface area contributed by atoms with Gasteiger partial charge in [0.05, 0.1) is 0 Å². The Bertz CT molecular complexity index is 714. The van der Waals surface area contributed by atoms with Gasteiger partial charge in [-0.3, -0.25) is 4.79 Å². The highest BCUT2D eigenvalue weighted by Gasteiger charge is 2.32. The minimum atomic E-state index is -1.16. The maximum Gasteiger partial charge on any atom is 0.347 e. The van der Waals surface area contributed by atoms with E-state index in [-0.39, 0.29) is 12.5 Å². The highest BCUT2D eigenvalue weighted by Crippen LogP contribution is 2.27. The van der Waals surface area contributed by atoms with Gasteiger partial charge < -0.3 is 19.9 Å². The molecule has 1 aromatic carbocycles. The second kappa shape index (κ2) is 12.4. The largest absolute Gasteiger partial charge is 0.458 e. The van der Waals surface area contributed by atoms with Crippen LogP contribution in [-0.2, 0) is 30.5 Å². The van der Waals surface area contributed by atoms with Crippen molar-refractivity contribution in [1.82, 2.24) is 5.32 Å². The minimum Gasteiger partial charge on any atom is -0.458 e. The Hall–Kier alpha value is -2.41. The number of hydrogen-bond donors (Lipinski definition) is 2. The van der Waals surface area contributed by atoms with Crippen LogP contribution in [0.2, 0.25) is 0 Å². The molecule has 0 aromatic heterocycles. The molecule has 0 heterocycles. The third-order valence-corrected chi connectivity index (χ3v) is 5.65. The molecule has 1 aromatic rings. The summed E-state index contributed by atoms with van der Waals surface area (Å²) in [6.07, 6.45) is 3.61. The second-order valence-electron chi connectivity index (χ2n) is 8.66. The van der Waals surface area contributed by atoms with Crippen molar-refractivity contribution in [1.29, 1.82) is 0 Å². The number of aliphatic hydroxyl groups is 1. The van der Waals surface area contributed by atoms with Crippen LogP contribution in [0.15, 0.2) is 30.3 Å². The Kier molecular flexibility index (Phi) is 9.98. The first kappa shape index (κ1) is 24.9. The van der Waals surface area contributed by atoms with Crippen LogP contribution in [0.4, 0.5) is 0 Å². The van der Waals surface area contributed by atoms with Crippen LogP contribution >= 0.6 is 0 Å². The molecule has 0 saturated heterocycles. The molecular weight excluding hydrogens is 398 g/mol. The van der Waals surface area contributed by atoms with Crippen molar-refractivity contribution in [3.63, 3.8) is 0 Å². The summed E-state index contributed by atoms with van der Waals surface area (Å²) >= 11 is 0. The predicted octanol–water partition coefficient (Wildman–Crippen LogP) is 3.13. The number of rotatable bonds is 10. The Balaban J connectivity index is 1.84. The van der Waals surface area contributed by atoms with Gasteiger partial charge in [0.25, 0.3) is 0 Å². The van der Waals surface area contributed by atoms with Crippen molar-refractivity contribution in [2.45, 2.75) is 84.2 Å². The van der Waals surface area contributed by atoms with Crippen molar-refractivity contribution in [2.75, 3.05) is 0 Å². The van der Waals surface area contributed by atoms with E-state index in [9.17, 15) is 19.5 Å². The summed E-state index contributed by atoms with van der Waals surface area (Å²) < 4.78 is 10.4. The van der Waals surface area contributed by atoms with E-state index in [1.54, 1.807) is 13.8 Å². The Morgan fingerprint density at radius 1 is 1.03 bits per heavy atom. The van der Waals surface area contributed by atoms with E-state index in [1.807, 2.05) is 30.3 Å². The molecule has 3 atom stereocenters. The summed E-state index contributed by atoms with van der Waals surface area (Å²) in [5, 5.41) is 12.9. The summed E-state index contributed by atoms with van der Waals surface area (Å²) in [4.78, 5) is 37.2. The fourth-order valence-corrected chi connectivity index (χ4v) is 3.73. The molecule has 0 radical (unpaired) electrons. The van der Waals surface area contributed by atoms with E-state index in [0.717, 1.165) is 31.2 Å². The predicted molar refractivity (Wildman–Crippen MR) is 116 cm³/mol. The summed E-state index contributed by atoms with van der Waals surface area (Å²) in [5.74, 6) is -1.91. The molecule has 1 saturated carbocycles. The number of carbonyl (C=O) groups excluding carboxylic acids is 3. The number of amides is 1. The van der Waals surface area contributed by atoms with Gasteiger partial charge in [0.15, 0.2) is 6.10 Å². The Labute approximate surface area is 184 Å². The summed E-state index contributed by atoms with van der Waals surface area (Å²) in [6.45, 7) is 5.04. The van der Waals surface area contributed by atoms with Crippen molar-refractivity contribution < 1.29 is 29.0 Å². The van der Waals surface area contributed by atoms with Crippen molar-refractivity contribution in [2.24, 2.45) is 11.8 Å². The van der Waals surface area contributed by atoms with Gasteiger partial charge in [-0.05, 0) is 30.7 Å². The molecule has 1 aliphatic rings. The van der Waals surface area contributed by atoms with E-state index in [0.29, 0.717) is 12.3 Å². The molecule has 0 spiro atoms. The SMILES string of the molecule is CC(C)[C@@H](NC(=O)[C@H](O)CC1CCCCC1)C(=O)O[C@@H](C)C(=O)OCc1ccccc1. The molecule has 0 bridgehead atoms. The number of benzene rings is 1. The van der Waals surface area contributed by atoms with Crippen LogP contribution in [0.3, 0.4) is 0 Å². The number of nitrogens with one attached hydrogen (secondary N) is 1. The van der Waals surface area contributed by atoms with Crippen LogP contribution in [0.5, 0.6) is 0 Å². The number of aliphatic hydroxyl groups excluding tert-OH is 1. The van der Waals surface area contributed by atoms with E-state index in [1.165, 1.54) is 13.3 Å². The average Bonchev–Trinajstić information content (AvgIpc) is 2.76. The van der Waals surface area contributed by atoms with E-state index >= 15 is 0 Å². The van der Waals surface area contributed by atoms with E-state index in [4.69, 9.17) is 9.47 Å². The number of carbonyl (C=O) groups is 3. The fourth-order valence-electron chi connectivity index (χ4n) is 3.73. The van der Waals surface area contributed by atoms with Crippen molar-refractivity contribution in [3.05, 3.63) is 35.9 Å². The first-order valence-electron chi connectivity index (χ1n) is 11.2. The second-order valence-corrected chi connectivity index (χ2v) is 8.66. The molecule has 2 rings (SSSR count). The van der Waals surface area contributed by atoms with E-state index < -0.39 is 36.1 Å².